The third-order valence-electron chi connectivity index (χ3n) is 2.40. The van der Waals surface area contributed by atoms with Gasteiger partial charge < -0.3 is 9.64 Å². The van der Waals surface area contributed by atoms with Gasteiger partial charge in [0.1, 0.15) is 0 Å². The van der Waals surface area contributed by atoms with Crippen LogP contribution in [0.2, 0.25) is 0 Å². The van der Waals surface area contributed by atoms with Gasteiger partial charge in [0.2, 0.25) is 0 Å². The van der Waals surface area contributed by atoms with Crippen LogP contribution in [0.15, 0.2) is 0 Å². The molecule has 1 aliphatic heterocycles. The van der Waals surface area contributed by atoms with Crippen LogP contribution in [0.1, 0.15) is 13.8 Å². The molecular weight excluding hydrogens is 246 g/mol. The standard InChI is InChI=1S/C9H19N3O4S/c1-8(2)7-16-9(13)11-3-5-12(6-4-11)17(10,14)15/h8H,3-7H2,1-2H3,(H2,10,14,15). The zero-order valence-corrected chi connectivity index (χ0v) is 10.9. The Morgan fingerprint density at radius 3 is 2.24 bits per heavy atom. The van der Waals surface area contributed by atoms with Gasteiger partial charge in [-0.15, -0.1) is 0 Å². The van der Waals surface area contributed by atoms with E-state index in [-0.39, 0.29) is 19.0 Å². The van der Waals surface area contributed by atoms with E-state index in [1.807, 2.05) is 13.8 Å². The molecule has 0 aliphatic carbocycles. The van der Waals surface area contributed by atoms with Crippen molar-refractivity contribution in [2.45, 2.75) is 13.8 Å². The summed E-state index contributed by atoms with van der Waals surface area (Å²) in [5, 5.41) is 4.99. The first-order valence-electron chi connectivity index (χ1n) is 5.50. The first kappa shape index (κ1) is 14.2. The molecule has 1 fully saturated rings. The van der Waals surface area contributed by atoms with Crippen molar-refractivity contribution in [3.63, 3.8) is 0 Å². The van der Waals surface area contributed by atoms with Crippen LogP contribution in [0.25, 0.3) is 0 Å². The van der Waals surface area contributed by atoms with E-state index in [1.165, 1.54) is 4.90 Å². The molecule has 0 saturated carbocycles. The van der Waals surface area contributed by atoms with Crippen molar-refractivity contribution in [2.24, 2.45) is 11.1 Å². The van der Waals surface area contributed by atoms with Crippen LogP contribution in [0, 0.1) is 5.92 Å². The molecule has 0 radical (unpaired) electrons. The van der Waals surface area contributed by atoms with Gasteiger partial charge in [-0.05, 0) is 5.92 Å². The van der Waals surface area contributed by atoms with Crippen LogP contribution < -0.4 is 5.14 Å². The number of carbonyl (C=O) groups is 1. The van der Waals surface area contributed by atoms with E-state index in [1.54, 1.807) is 0 Å². The second kappa shape index (κ2) is 5.65. The van der Waals surface area contributed by atoms with E-state index in [9.17, 15) is 13.2 Å². The first-order chi connectivity index (χ1) is 7.80. The minimum atomic E-state index is -3.65. The van der Waals surface area contributed by atoms with Gasteiger partial charge in [0, 0.05) is 26.2 Å². The zero-order valence-electron chi connectivity index (χ0n) is 10.1. The van der Waals surface area contributed by atoms with Crippen molar-refractivity contribution in [1.82, 2.24) is 9.21 Å². The molecule has 0 atom stereocenters. The molecule has 1 saturated heterocycles. The molecule has 1 heterocycles. The zero-order chi connectivity index (χ0) is 13.1. The topological polar surface area (TPSA) is 92.9 Å². The SMILES string of the molecule is CC(C)COC(=O)N1CCN(S(N)(=O)=O)CC1. The Hall–Kier alpha value is -0.860. The summed E-state index contributed by atoms with van der Waals surface area (Å²) in [7, 11) is -3.65. The molecule has 1 aliphatic rings. The molecule has 0 bridgehead atoms. The number of piperazine rings is 1. The summed E-state index contributed by atoms with van der Waals surface area (Å²) in [6.07, 6.45) is -0.396. The highest BCUT2D eigenvalue weighted by molar-refractivity contribution is 7.86. The molecule has 8 heteroatoms. The number of nitrogens with two attached hydrogens (primary N) is 1. The van der Waals surface area contributed by atoms with E-state index in [4.69, 9.17) is 9.88 Å². The lowest BCUT2D eigenvalue weighted by Crippen LogP contribution is -2.52. The molecule has 0 aromatic heterocycles. The van der Waals surface area contributed by atoms with Gasteiger partial charge in [-0.3, -0.25) is 0 Å². The molecule has 0 aromatic carbocycles. The highest BCUT2D eigenvalue weighted by Gasteiger charge is 2.27. The molecule has 1 amide bonds. The third kappa shape index (κ3) is 4.49. The fourth-order valence-electron chi connectivity index (χ4n) is 1.45. The van der Waals surface area contributed by atoms with E-state index in [0.717, 1.165) is 4.31 Å². The number of ether oxygens (including phenoxy) is 1. The maximum Gasteiger partial charge on any atom is 0.409 e. The summed E-state index contributed by atoms with van der Waals surface area (Å²) in [6, 6.07) is 0. The monoisotopic (exact) mass is 265 g/mol. The molecule has 0 aromatic rings. The summed E-state index contributed by atoms with van der Waals surface area (Å²) < 4.78 is 28.3. The van der Waals surface area contributed by atoms with Crippen LogP contribution in [0.4, 0.5) is 4.79 Å². The average Bonchev–Trinajstić information content (AvgIpc) is 2.25. The Morgan fingerprint density at radius 2 is 1.82 bits per heavy atom. The van der Waals surface area contributed by atoms with Crippen molar-refractivity contribution in [3.8, 4) is 0 Å². The normalized spacial score (nSPS) is 18.5. The molecule has 2 N–H and O–H groups in total. The predicted molar refractivity (Wildman–Crippen MR) is 62.4 cm³/mol. The van der Waals surface area contributed by atoms with Crippen LogP contribution in [0.3, 0.4) is 0 Å². The van der Waals surface area contributed by atoms with Crippen molar-refractivity contribution >= 4 is 16.3 Å². The van der Waals surface area contributed by atoms with Crippen molar-refractivity contribution in [2.75, 3.05) is 32.8 Å². The second-order valence-electron chi connectivity index (χ2n) is 4.40. The number of amides is 1. The van der Waals surface area contributed by atoms with Gasteiger partial charge in [-0.2, -0.15) is 12.7 Å². The van der Waals surface area contributed by atoms with Gasteiger partial charge in [0.15, 0.2) is 0 Å². The lowest BCUT2D eigenvalue weighted by molar-refractivity contribution is 0.0804. The fourth-order valence-corrected chi connectivity index (χ4v) is 2.13. The predicted octanol–water partition coefficient (Wildman–Crippen LogP) is -0.400. The van der Waals surface area contributed by atoms with Crippen LogP contribution in [-0.2, 0) is 14.9 Å². The lowest BCUT2D eigenvalue weighted by Gasteiger charge is -2.32. The first-order valence-corrected chi connectivity index (χ1v) is 7.00. The van der Waals surface area contributed by atoms with Gasteiger partial charge in [-0.1, -0.05) is 13.8 Å². The Kier molecular flexibility index (Phi) is 4.72. The summed E-state index contributed by atoms with van der Waals surface area (Å²) in [4.78, 5) is 13.1. The minimum absolute atomic E-state index is 0.218. The molecule has 0 unspecified atom stereocenters. The molecular formula is C9H19N3O4S. The van der Waals surface area contributed by atoms with Crippen LogP contribution >= 0.6 is 0 Å². The summed E-state index contributed by atoms with van der Waals surface area (Å²) >= 11 is 0. The number of hydrogen-bond donors (Lipinski definition) is 1. The quantitative estimate of drug-likeness (QED) is 0.751. The molecule has 100 valence electrons. The molecule has 0 spiro atoms. The number of carbonyl (C=O) groups excluding carboxylic acids is 1. The molecule has 17 heavy (non-hydrogen) atoms. The van der Waals surface area contributed by atoms with Gasteiger partial charge in [0.25, 0.3) is 10.2 Å². The highest BCUT2D eigenvalue weighted by atomic mass is 32.2. The van der Waals surface area contributed by atoms with Crippen molar-refractivity contribution in [1.29, 1.82) is 0 Å². The number of hydrogen-bond acceptors (Lipinski definition) is 4. The minimum Gasteiger partial charge on any atom is -0.449 e. The fraction of sp³-hybridized carbons (Fsp3) is 0.889. The Morgan fingerprint density at radius 1 is 1.29 bits per heavy atom. The highest BCUT2D eigenvalue weighted by Crippen LogP contribution is 2.06. The lowest BCUT2D eigenvalue weighted by atomic mass is 10.2. The number of rotatable bonds is 3. The van der Waals surface area contributed by atoms with Gasteiger partial charge >= 0.3 is 6.09 Å². The average molecular weight is 265 g/mol. The van der Waals surface area contributed by atoms with E-state index in [2.05, 4.69) is 0 Å². The maximum atomic E-state index is 11.6. The third-order valence-corrected chi connectivity index (χ3v) is 3.48. The van der Waals surface area contributed by atoms with Crippen LogP contribution in [-0.4, -0.2) is 56.5 Å². The summed E-state index contributed by atoms with van der Waals surface area (Å²) in [5.74, 6) is 0.282. The van der Waals surface area contributed by atoms with Gasteiger partial charge in [-0.25, -0.2) is 9.93 Å². The van der Waals surface area contributed by atoms with E-state index >= 15 is 0 Å². The Bertz CT molecular complexity index is 360. The maximum absolute atomic E-state index is 11.6. The molecule has 1 rings (SSSR count). The van der Waals surface area contributed by atoms with Crippen LogP contribution in [0.5, 0.6) is 0 Å². The second-order valence-corrected chi connectivity index (χ2v) is 5.95. The number of nitrogens with zero attached hydrogens (tertiary/aromatic N) is 2. The smallest absolute Gasteiger partial charge is 0.409 e. The van der Waals surface area contributed by atoms with Crippen molar-refractivity contribution in [3.05, 3.63) is 0 Å². The van der Waals surface area contributed by atoms with E-state index in [0.29, 0.717) is 19.7 Å². The summed E-state index contributed by atoms with van der Waals surface area (Å²) in [5.41, 5.74) is 0. The largest absolute Gasteiger partial charge is 0.449 e. The molecule has 7 nitrogen and oxygen atoms in total. The Balaban J connectivity index is 2.39. The Labute approximate surface area is 102 Å². The van der Waals surface area contributed by atoms with Gasteiger partial charge in [0.05, 0.1) is 6.61 Å². The summed E-state index contributed by atoms with van der Waals surface area (Å²) in [6.45, 7) is 5.33. The van der Waals surface area contributed by atoms with Crippen molar-refractivity contribution < 1.29 is 17.9 Å². The van der Waals surface area contributed by atoms with E-state index < -0.39 is 16.3 Å².